The lowest BCUT2D eigenvalue weighted by atomic mass is 10.1. The summed E-state index contributed by atoms with van der Waals surface area (Å²) in [6.07, 6.45) is 2.27. The molecule has 0 bridgehead atoms. The summed E-state index contributed by atoms with van der Waals surface area (Å²) in [6.45, 7) is 1.98. The molecule has 0 unspecified atom stereocenters. The molecule has 18 heavy (non-hydrogen) atoms. The zero-order valence-corrected chi connectivity index (χ0v) is 11.0. The van der Waals surface area contributed by atoms with Crippen LogP contribution in [0.3, 0.4) is 0 Å². The molecular formula is C13H17NO3S. The van der Waals surface area contributed by atoms with Crippen molar-refractivity contribution < 1.29 is 13.2 Å². The van der Waals surface area contributed by atoms with Crippen LogP contribution >= 0.6 is 0 Å². The van der Waals surface area contributed by atoms with Crippen LogP contribution in [0.15, 0.2) is 18.2 Å². The quantitative estimate of drug-likeness (QED) is 0.876. The van der Waals surface area contributed by atoms with Crippen molar-refractivity contribution >= 4 is 9.84 Å². The summed E-state index contributed by atoms with van der Waals surface area (Å²) in [6, 6.07) is 5.67. The first-order chi connectivity index (χ1) is 8.62. The third-order valence-corrected chi connectivity index (χ3v) is 5.02. The predicted octanol–water partition coefficient (Wildman–Crippen LogP) is 1.25. The average Bonchev–Trinajstić information content (AvgIpc) is 2.63. The number of rotatable bonds is 2. The molecule has 1 aromatic rings. The van der Waals surface area contributed by atoms with Crippen molar-refractivity contribution in [3.05, 3.63) is 29.3 Å². The molecule has 0 radical (unpaired) electrons. The maximum absolute atomic E-state index is 11.5. The summed E-state index contributed by atoms with van der Waals surface area (Å²) in [5.41, 5.74) is 1.83. The van der Waals surface area contributed by atoms with E-state index in [2.05, 4.69) is 5.32 Å². The molecule has 98 valence electrons. The lowest BCUT2D eigenvalue weighted by molar-refractivity contribution is 0.162. The van der Waals surface area contributed by atoms with Crippen LogP contribution in [-0.4, -0.2) is 27.6 Å². The van der Waals surface area contributed by atoms with Gasteiger partial charge in [0, 0.05) is 0 Å². The van der Waals surface area contributed by atoms with Crippen molar-refractivity contribution in [2.75, 3.05) is 13.1 Å². The minimum absolute atomic E-state index is 0.158. The summed E-state index contributed by atoms with van der Waals surface area (Å²) >= 11 is 0. The van der Waals surface area contributed by atoms with Crippen molar-refractivity contribution in [1.82, 2.24) is 5.32 Å². The van der Waals surface area contributed by atoms with E-state index in [4.69, 9.17) is 4.74 Å². The predicted molar refractivity (Wildman–Crippen MR) is 69.3 cm³/mol. The van der Waals surface area contributed by atoms with Gasteiger partial charge in [-0.2, -0.15) is 0 Å². The van der Waals surface area contributed by atoms with E-state index in [1.165, 1.54) is 0 Å². The highest BCUT2D eigenvalue weighted by Gasteiger charge is 2.25. The fourth-order valence-corrected chi connectivity index (χ4v) is 4.18. The summed E-state index contributed by atoms with van der Waals surface area (Å²) in [7, 11) is -2.92. The largest absolute Gasteiger partial charge is 0.490 e. The van der Waals surface area contributed by atoms with Gasteiger partial charge in [0.1, 0.15) is 11.9 Å². The van der Waals surface area contributed by atoms with Crippen LogP contribution in [0.2, 0.25) is 0 Å². The lowest BCUT2D eigenvalue weighted by Gasteiger charge is -2.24. The van der Waals surface area contributed by atoms with Gasteiger partial charge in [0.05, 0.1) is 11.5 Å². The molecule has 1 N–H and O–H groups in total. The fourth-order valence-electron chi connectivity index (χ4n) is 2.58. The summed E-state index contributed by atoms with van der Waals surface area (Å²) < 4.78 is 29.0. The molecule has 0 saturated carbocycles. The second kappa shape index (κ2) is 4.55. The molecule has 2 heterocycles. The third kappa shape index (κ3) is 2.52. The Morgan fingerprint density at radius 2 is 1.83 bits per heavy atom. The van der Waals surface area contributed by atoms with Crippen molar-refractivity contribution in [1.29, 1.82) is 0 Å². The van der Waals surface area contributed by atoms with Gasteiger partial charge in [0.25, 0.3) is 0 Å². The Hall–Kier alpha value is -1.07. The Balaban J connectivity index is 1.75. The second-order valence-electron chi connectivity index (χ2n) is 5.03. The van der Waals surface area contributed by atoms with Gasteiger partial charge >= 0.3 is 0 Å². The Kier molecular flexibility index (Phi) is 3.03. The number of sulfone groups is 1. The Morgan fingerprint density at radius 3 is 2.61 bits per heavy atom. The average molecular weight is 267 g/mol. The van der Waals surface area contributed by atoms with Crippen LogP contribution in [0.4, 0.5) is 0 Å². The van der Waals surface area contributed by atoms with Gasteiger partial charge in [-0.05, 0) is 49.2 Å². The summed E-state index contributed by atoms with van der Waals surface area (Å²) in [5, 5.41) is 3.29. The first-order valence-corrected chi connectivity index (χ1v) is 8.14. The topological polar surface area (TPSA) is 55.4 Å². The van der Waals surface area contributed by atoms with Gasteiger partial charge in [-0.3, -0.25) is 0 Å². The van der Waals surface area contributed by atoms with Crippen molar-refractivity contribution in [3.63, 3.8) is 0 Å². The second-order valence-corrected chi connectivity index (χ2v) is 7.09. The van der Waals surface area contributed by atoms with E-state index in [0.29, 0.717) is 0 Å². The Labute approximate surface area is 107 Å². The molecule has 1 fully saturated rings. The monoisotopic (exact) mass is 267 g/mol. The smallest absolute Gasteiger partial charge is 0.158 e. The molecule has 5 heteroatoms. The molecule has 0 amide bonds. The molecule has 0 aromatic heterocycles. The normalized spacial score (nSPS) is 22.7. The van der Waals surface area contributed by atoms with E-state index >= 15 is 0 Å². The maximum Gasteiger partial charge on any atom is 0.158 e. The Morgan fingerprint density at radius 1 is 1.11 bits per heavy atom. The SMILES string of the molecule is O=S1(=O)Cc2ccc(OC3CCNCC3)cc2C1. The molecule has 1 saturated heterocycles. The van der Waals surface area contributed by atoms with Gasteiger partial charge in [-0.25, -0.2) is 8.42 Å². The van der Waals surface area contributed by atoms with Crippen LogP contribution in [-0.2, 0) is 21.3 Å². The zero-order valence-electron chi connectivity index (χ0n) is 10.2. The lowest BCUT2D eigenvalue weighted by Crippen LogP contribution is -2.34. The maximum atomic E-state index is 11.5. The number of nitrogens with one attached hydrogen (secondary N) is 1. The van der Waals surface area contributed by atoms with Crippen LogP contribution in [0.1, 0.15) is 24.0 Å². The van der Waals surface area contributed by atoms with E-state index in [9.17, 15) is 8.42 Å². The van der Waals surface area contributed by atoms with Gasteiger partial charge in [0.2, 0.25) is 0 Å². The molecule has 2 aliphatic rings. The van der Waals surface area contributed by atoms with E-state index < -0.39 is 9.84 Å². The molecule has 1 aromatic carbocycles. The van der Waals surface area contributed by atoms with Gasteiger partial charge in [0.15, 0.2) is 9.84 Å². The standard InChI is InChI=1S/C13H17NO3S/c15-18(16)8-10-1-2-13(7-11(10)9-18)17-12-3-5-14-6-4-12/h1-2,7,12,14H,3-6,8-9H2. The minimum Gasteiger partial charge on any atom is -0.490 e. The van der Waals surface area contributed by atoms with Crippen LogP contribution in [0, 0.1) is 0 Å². The highest BCUT2D eigenvalue weighted by molar-refractivity contribution is 7.90. The zero-order chi connectivity index (χ0) is 12.6. The molecule has 4 nitrogen and oxygen atoms in total. The number of benzene rings is 1. The van der Waals surface area contributed by atoms with Crippen molar-refractivity contribution in [3.8, 4) is 5.75 Å². The van der Waals surface area contributed by atoms with Crippen LogP contribution in [0.25, 0.3) is 0 Å². The molecule has 2 aliphatic heterocycles. The summed E-state index contributed by atoms with van der Waals surface area (Å²) in [5.74, 6) is 1.14. The number of hydrogen-bond donors (Lipinski definition) is 1. The fraction of sp³-hybridized carbons (Fsp3) is 0.538. The van der Waals surface area contributed by atoms with Crippen molar-refractivity contribution in [2.45, 2.75) is 30.5 Å². The van der Waals surface area contributed by atoms with E-state index in [-0.39, 0.29) is 17.6 Å². The minimum atomic E-state index is -2.92. The van der Waals surface area contributed by atoms with Crippen LogP contribution < -0.4 is 10.1 Å². The van der Waals surface area contributed by atoms with Crippen LogP contribution in [0.5, 0.6) is 5.75 Å². The number of ether oxygens (including phenoxy) is 1. The van der Waals surface area contributed by atoms with Gasteiger partial charge in [-0.1, -0.05) is 6.07 Å². The van der Waals surface area contributed by atoms with E-state index in [1.54, 1.807) is 0 Å². The van der Waals surface area contributed by atoms with Crippen molar-refractivity contribution in [2.24, 2.45) is 0 Å². The van der Waals surface area contributed by atoms with E-state index in [0.717, 1.165) is 42.8 Å². The molecule has 3 rings (SSSR count). The van der Waals surface area contributed by atoms with E-state index in [1.807, 2.05) is 18.2 Å². The molecule has 0 atom stereocenters. The Bertz CT molecular complexity index is 547. The third-order valence-electron chi connectivity index (χ3n) is 3.52. The number of piperidine rings is 1. The van der Waals surface area contributed by atoms with Gasteiger partial charge in [-0.15, -0.1) is 0 Å². The highest BCUT2D eigenvalue weighted by atomic mass is 32.2. The molecule has 0 spiro atoms. The molecule has 0 aliphatic carbocycles. The van der Waals surface area contributed by atoms with Gasteiger partial charge < -0.3 is 10.1 Å². The number of fused-ring (bicyclic) bond motifs is 1. The summed E-state index contributed by atoms with van der Waals surface area (Å²) in [4.78, 5) is 0. The number of hydrogen-bond acceptors (Lipinski definition) is 4. The first kappa shape index (κ1) is 12.0. The first-order valence-electron chi connectivity index (χ1n) is 6.32. The highest BCUT2D eigenvalue weighted by Crippen LogP contribution is 2.29. The molecular weight excluding hydrogens is 250 g/mol.